The van der Waals surface area contributed by atoms with E-state index < -0.39 is 17.7 Å². The van der Waals surface area contributed by atoms with Crippen molar-refractivity contribution in [1.29, 1.82) is 0 Å². The maximum absolute atomic E-state index is 13.4. The molecular weight excluding hydrogens is 353 g/mol. The number of thioether (sulfide) groups is 1. The zero-order valence-electron chi connectivity index (χ0n) is 14.5. The molecule has 1 N–H and O–H groups in total. The van der Waals surface area contributed by atoms with Gasteiger partial charge in [0.05, 0.1) is 5.75 Å². The number of aryl methyl sites for hydroxylation is 3. The van der Waals surface area contributed by atoms with E-state index in [-0.39, 0.29) is 12.4 Å². The summed E-state index contributed by atoms with van der Waals surface area (Å²) in [4.78, 5) is 24.7. The van der Waals surface area contributed by atoms with Gasteiger partial charge in [0.15, 0.2) is 6.61 Å². The van der Waals surface area contributed by atoms with Gasteiger partial charge in [0.2, 0.25) is 0 Å². The summed E-state index contributed by atoms with van der Waals surface area (Å²) in [5, 5.41) is 2.50. The Labute approximate surface area is 156 Å². The fourth-order valence-corrected chi connectivity index (χ4v) is 3.59. The van der Waals surface area contributed by atoms with Crippen molar-refractivity contribution in [3.8, 4) is 0 Å². The lowest BCUT2D eigenvalue weighted by molar-refractivity contribution is -0.144. The predicted octanol–water partition coefficient (Wildman–Crippen LogP) is 3.90. The standard InChI is InChI=1S/C20H20FNO3S/c1-13-5-7-16(10-18(13)21)22-19(23)11-25-20(24)12-26-17-8-6-14-3-2-4-15(14)9-17/h5-10H,2-4,11-12H2,1H3,(H,22,23). The highest BCUT2D eigenvalue weighted by Crippen LogP contribution is 2.27. The van der Waals surface area contributed by atoms with Crippen LogP contribution in [0, 0.1) is 12.7 Å². The molecule has 1 aliphatic carbocycles. The molecule has 1 amide bonds. The number of halogens is 1. The van der Waals surface area contributed by atoms with Gasteiger partial charge in [-0.25, -0.2) is 4.39 Å². The number of esters is 1. The molecule has 4 nitrogen and oxygen atoms in total. The Bertz CT molecular complexity index is 838. The van der Waals surface area contributed by atoms with Gasteiger partial charge in [-0.3, -0.25) is 9.59 Å². The lowest BCUT2D eigenvalue weighted by Crippen LogP contribution is -2.21. The van der Waals surface area contributed by atoms with E-state index in [2.05, 4.69) is 17.4 Å². The molecule has 1 aliphatic rings. The SMILES string of the molecule is Cc1ccc(NC(=O)COC(=O)CSc2ccc3c(c2)CCC3)cc1F. The molecule has 0 atom stereocenters. The second kappa shape index (κ2) is 8.36. The van der Waals surface area contributed by atoms with E-state index in [0.717, 1.165) is 17.7 Å². The third-order valence-corrected chi connectivity index (χ3v) is 5.21. The van der Waals surface area contributed by atoms with Gasteiger partial charge in [-0.2, -0.15) is 0 Å². The lowest BCUT2D eigenvalue weighted by Gasteiger charge is -2.08. The Morgan fingerprint density at radius 2 is 1.96 bits per heavy atom. The van der Waals surface area contributed by atoms with Gasteiger partial charge in [-0.15, -0.1) is 11.8 Å². The Hall–Kier alpha value is -2.34. The topological polar surface area (TPSA) is 55.4 Å². The molecule has 0 heterocycles. The van der Waals surface area contributed by atoms with Crippen LogP contribution in [-0.2, 0) is 27.2 Å². The van der Waals surface area contributed by atoms with Crippen LogP contribution < -0.4 is 5.32 Å². The summed E-state index contributed by atoms with van der Waals surface area (Å²) in [6.45, 7) is 1.25. The van der Waals surface area contributed by atoms with Crippen LogP contribution in [-0.4, -0.2) is 24.2 Å². The van der Waals surface area contributed by atoms with Gasteiger partial charge in [0, 0.05) is 10.6 Å². The smallest absolute Gasteiger partial charge is 0.316 e. The first kappa shape index (κ1) is 18.5. The van der Waals surface area contributed by atoms with Gasteiger partial charge in [-0.1, -0.05) is 12.1 Å². The van der Waals surface area contributed by atoms with Crippen LogP contribution in [0.1, 0.15) is 23.1 Å². The van der Waals surface area contributed by atoms with Gasteiger partial charge < -0.3 is 10.1 Å². The molecule has 0 aromatic heterocycles. The molecule has 0 saturated carbocycles. The number of benzene rings is 2. The van der Waals surface area contributed by atoms with Gasteiger partial charge in [0.1, 0.15) is 5.82 Å². The number of hydrogen-bond acceptors (Lipinski definition) is 4. The normalized spacial score (nSPS) is 12.5. The molecule has 2 aromatic carbocycles. The highest BCUT2D eigenvalue weighted by Gasteiger charge is 2.13. The summed E-state index contributed by atoms with van der Waals surface area (Å²) in [5.41, 5.74) is 3.58. The zero-order chi connectivity index (χ0) is 18.5. The van der Waals surface area contributed by atoms with Crippen molar-refractivity contribution < 1.29 is 18.7 Å². The number of fused-ring (bicyclic) bond motifs is 1. The van der Waals surface area contributed by atoms with Crippen LogP contribution in [0.25, 0.3) is 0 Å². The summed E-state index contributed by atoms with van der Waals surface area (Å²) in [6.07, 6.45) is 3.40. The summed E-state index contributed by atoms with van der Waals surface area (Å²) in [5.74, 6) is -1.21. The molecule has 6 heteroatoms. The molecule has 3 rings (SSSR count). The number of rotatable bonds is 6. The van der Waals surface area contributed by atoms with Crippen LogP contribution in [0.2, 0.25) is 0 Å². The molecular formula is C20H20FNO3S. The zero-order valence-corrected chi connectivity index (χ0v) is 15.3. The molecule has 0 fully saturated rings. The second-order valence-electron chi connectivity index (χ2n) is 6.25. The molecule has 136 valence electrons. The molecule has 0 aliphatic heterocycles. The number of ether oxygens (including phenoxy) is 1. The predicted molar refractivity (Wildman–Crippen MR) is 99.9 cm³/mol. The van der Waals surface area contributed by atoms with Crippen LogP contribution >= 0.6 is 11.8 Å². The second-order valence-corrected chi connectivity index (χ2v) is 7.29. The first-order valence-corrected chi connectivity index (χ1v) is 9.46. The minimum absolute atomic E-state index is 0.144. The average molecular weight is 373 g/mol. The number of nitrogens with one attached hydrogen (secondary N) is 1. The molecule has 0 unspecified atom stereocenters. The maximum atomic E-state index is 13.4. The number of hydrogen-bond donors (Lipinski definition) is 1. The first-order chi connectivity index (χ1) is 12.5. The van der Waals surface area contributed by atoms with Crippen molar-refractivity contribution in [2.75, 3.05) is 17.7 Å². The number of carbonyl (C=O) groups excluding carboxylic acids is 2. The Morgan fingerprint density at radius 3 is 2.77 bits per heavy atom. The monoisotopic (exact) mass is 373 g/mol. The minimum Gasteiger partial charge on any atom is -0.455 e. The van der Waals surface area contributed by atoms with Crippen LogP contribution in [0.4, 0.5) is 10.1 Å². The highest BCUT2D eigenvalue weighted by molar-refractivity contribution is 8.00. The van der Waals surface area contributed by atoms with Crippen LogP contribution in [0.15, 0.2) is 41.3 Å². The van der Waals surface area contributed by atoms with Crippen LogP contribution in [0.3, 0.4) is 0 Å². The molecule has 0 saturated heterocycles. The maximum Gasteiger partial charge on any atom is 0.316 e. The highest BCUT2D eigenvalue weighted by atomic mass is 32.2. The number of anilines is 1. The number of carbonyl (C=O) groups is 2. The van der Waals surface area contributed by atoms with Crippen molar-refractivity contribution in [3.63, 3.8) is 0 Å². The van der Waals surface area contributed by atoms with E-state index in [4.69, 9.17) is 4.74 Å². The Morgan fingerprint density at radius 1 is 1.15 bits per heavy atom. The van der Waals surface area contributed by atoms with Crippen molar-refractivity contribution in [2.45, 2.75) is 31.1 Å². The first-order valence-electron chi connectivity index (χ1n) is 8.47. The van der Waals surface area contributed by atoms with E-state index in [1.54, 1.807) is 19.1 Å². The molecule has 2 aromatic rings. The third kappa shape index (κ3) is 4.85. The summed E-state index contributed by atoms with van der Waals surface area (Å²) in [6, 6.07) is 10.7. The van der Waals surface area contributed by atoms with E-state index in [9.17, 15) is 14.0 Å². The van der Waals surface area contributed by atoms with Crippen molar-refractivity contribution in [1.82, 2.24) is 0 Å². The van der Waals surface area contributed by atoms with Gasteiger partial charge in [-0.05, 0) is 67.1 Å². The minimum atomic E-state index is -0.496. The summed E-state index contributed by atoms with van der Waals surface area (Å²) < 4.78 is 18.4. The van der Waals surface area contributed by atoms with Gasteiger partial charge >= 0.3 is 5.97 Å². The van der Waals surface area contributed by atoms with E-state index in [0.29, 0.717) is 11.3 Å². The van der Waals surface area contributed by atoms with Crippen molar-refractivity contribution in [2.24, 2.45) is 0 Å². The van der Waals surface area contributed by atoms with Crippen molar-refractivity contribution >= 4 is 29.3 Å². The Balaban J connectivity index is 1.42. The molecule has 0 radical (unpaired) electrons. The number of amides is 1. The third-order valence-electron chi connectivity index (χ3n) is 4.25. The van der Waals surface area contributed by atoms with E-state index in [1.807, 2.05) is 6.07 Å². The largest absolute Gasteiger partial charge is 0.455 e. The van der Waals surface area contributed by atoms with Crippen molar-refractivity contribution in [3.05, 3.63) is 58.9 Å². The fraction of sp³-hybridized carbons (Fsp3) is 0.300. The fourth-order valence-electron chi connectivity index (χ4n) is 2.84. The molecule has 0 spiro atoms. The van der Waals surface area contributed by atoms with E-state index >= 15 is 0 Å². The lowest BCUT2D eigenvalue weighted by atomic mass is 10.1. The average Bonchev–Trinajstić information content (AvgIpc) is 3.09. The molecule has 26 heavy (non-hydrogen) atoms. The Kier molecular flexibility index (Phi) is 5.93. The summed E-state index contributed by atoms with van der Waals surface area (Å²) in [7, 11) is 0. The quantitative estimate of drug-likeness (QED) is 0.616. The van der Waals surface area contributed by atoms with Gasteiger partial charge in [0.25, 0.3) is 5.91 Å². The molecule has 0 bridgehead atoms. The summed E-state index contributed by atoms with van der Waals surface area (Å²) >= 11 is 1.40. The van der Waals surface area contributed by atoms with Crippen LogP contribution in [0.5, 0.6) is 0 Å². The van der Waals surface area contributed by atoms with E-state index in [1.165, 1.54) is 35.4 Å².